The standard InChI is InChI=1S/C22H25NO4/c1-16-14-18(8-9-20(16)26-2)22(25)17-10-12-23(13-11-17)21(24)15-27-19-6-4-3-5-7-19/h3-9,14,17H,10-13,15H2,1-2H3. The average Bonchev–Trinajstić information content (AvgIpc) is 2.72. The third kappa shape index (κ3) is 4.67. The topological polar surface area (TPSA) is 55.8 Å². The molecule has 1 fully saturated rings. The summed E-state index contributed by atoms with van der Waals surface area (Å²) >= 11 is 0. The maximum Gasteiger partial charge on any atom is 0.260 e. The third-order valence-corrected chi connectivity index (χ3v) is 5.00. The average molecular weight is 367 g/mol. The van der Waals surface area contributed by atoms with Crippen LogP contribution in [0.5, 0.6) is 11.5 Å². The molecule has 0 spiro atoms. The highest BCUT2D eigenvalue weighted by atomic mass is 16.5. The predicted molar refractivity (Wildman–Crippen MR) is 103 cm³/mol. The number of benzene rings is 2. The number of hydrogen-bond acceptors (Lipinski definition) is 4. The van der Waals surface area contributed by atoms with Gasteiger partial charge in [0.05, 0.1) is 7.11 Å². The normalized spacial score (nSPS) is 14.7. The lowest BCUT2D eigenvalue weighted by molar-refractivity contribution is -0.134. The fraction of sp³-hybridized carbons (Fsp3) is 0.364. The largest absolute Gasteiger partial charge is 0.496 e. The first kappa shape index (κ1) is 19.0. The number of amides is 1. The molecule has 142 valence electrons. The van der Waals surface area contributed by atoms with Crippen molar-refractivity contribution in [3.8, 4) is 11.5 Å². The van der Waals surface area contributed by atoms with E-state index in [-0.39, 0.29) is 24.2 Å². The van der Waals surface area contributed by atoms with Gasteiger partial charge in [-0.1, -0.05) is 18.2 Å². The second-order valence-electron chi connectivity index (χ2n) is 6.81. The maximum atomic E-state index is 12.8. The van der Waals surface area contributed by atoms with Crippen LogP contribution in [0, 0.1) is 12.8 Å². The molecule has 0 aliphatic carbocycles. The van der Waals surface area contributed by atoms with Crippen molar-refractivity contribution in [3.63, 3.8) is 0 Å². The van der Waals surface area contributed by atoms with Crippen molar-refractivity contribution in [2.75, 3.05) is 26.8 Å². The lowest BCUT2D eigenvalue weighted by Gasteiger charge is -2.31. The summed E-state index contributed by atoms with van der Waals surface area (Å²) in [6.07, 6.45) is 1.36. The molecule has 0 saturated carbocycles. The van der Waals surface area contributed by atoms with E-state index < -0.39 is 0 Å². The smallest absolute Gasteiger partial charge is 0.260 e. The fourth-order valence-corrected chi connectivity index (χ4v) is 3.41. The van der Waals surface area contributed by atoms with Crippen LogP contribution in [0.1, 0.15) is 28.8 Å². The number of aryl methyl sites for hydroxylation is 1. The van der Waals surface area contributed by atoms with Crippen molar-refractivity contribution in [2.24, 2.45) is 5.92 Å². The van der Waals surface area contributed by atoms with E-state index >= 15 is 0 Å². The lowest BCUT2D eigenvalue weighted by Crippen LogP contribution is -2.42. The molecule has 1 amide bonds. The number of rotatable bonds is 6. The van der Waals surface area contributed by atoms with E-state index in [4.69, 9.17) is 9.47 Å². The first-order valence-corrected chi connectivity index (χ1v) is 9.23. The first-order valence-electron chi connectivity index (χ1n) is 9.23. The van der Waals surface area contributed by atoms with Crippen molar-refractivity contribution in [2.45, 2.75) is 19.8 Å². The molecule has 1 heterocycles. The van der Waals surface area contributed by atoms with Crippen molar-refractivity contribution in [3.05, 3.63) is 59.7 Å². The van der Waals surface area contributed by atoms with Gasteiger partial charge in [-0.25, -0.2) is 0 Å². The van der Waals surface area contributed by atoms with Gasteiger partial charge in [-0.15, -0.1) is 0 Å². The summed E-state index contributed by atoms with van der Waals surface area (Å²) in [5.41, 5.74) is 1.67. The first-order chi connectivity index (χ1) is 13.1. The van der Waals surface area contributed by atoms with Crippen molar-refractivity contribution in [1.82, 2.24) is 4.90 Å². The summed E-state index contributed by atoms with van der Waals surface area (Å²) in [5, 5.41) is 0. The molecule has 5 heteroatoms. The van der Waals surface area contributed by atoms with Crippen molar-refractivity contribution < 1.29 is 19.1 Å². The minimum atomic E-state index is -0.0445. The quantitative estimate of drug-likeness (QED) is 0.733. The highest BCUT2D eigenvalue weighted by molar-refractivity contribution is 5.98. The Labute approximate surface area is 159 Å². The van der Waals surface area contributed by atoms with E-state index in [1.54, 1.807) is 12.0 Å². The van der Waals surface area contributed by atoms with E-state index in [1.807, 2.05) is 55.5 Å². The molecule has 0 atom stereocenters. The van der Waals surface area contributed by atoms with Crippen LogP contribution >= 0.6 is 0 Å². The van der Waals surface area contributed by atoms with Crippen LogP contribution in [-0.4, -0.2) is 43.4 Å². The van der Waals surface area contributed by atoms with Crippen molar-refractivity contribution >= 4 is 11.7 Å². The van der Waals surface area contributed by atoms with E-state index in [0.29, 0.717) is 37.2 Å². The Morgan fingerprint density at radius 2 is 1.78 bits per heavy atom. The van der Waals surface area contributed by atoms with Gasteiger partial charge in [-0.05, 0) is 55.7 Å². The number of ketones is 1. The molecular weight excluding hydrogens is 342 g/mol. The Hall–Kier alpha value is -2.82. The molecule has 5 nitrogen and oxygen atoms in total. The molecule has 0 radical (unpaired) electrons. The Kier molecular flexibility index (Phi) is 6.12. The van der Waals surface area contributed by atoms with Crippen LogP contribution in [0.4, 0.5) is 0 Å². The summed E-state index contributed by atoms with van der Waals surface area (Å²) in [7, 11) is 1.62. The zero-order valence-corrected chi connectivity index (χ0v) is 15.8. The minimum Gasteiger partial charge on any atom is -0.496 e. The zero-order valence-electron chi connectivity index (χ0n) is 15.8. The second kappa shape index (κ2) is 8.71. The maximum absolute atomic E-state index is 12.8. The molecule has 1 aliphatic rings. The molecule has 0 N–H and O–H groups in total. The van der Waals surface area contributed by atoms with Crippen LogP contribution in [0.25, 0.3) is 0 Å². The predicted octanol–water partition coefficient (Wildman–Crippen LogP) is 3.50. The molecular formula is C22H25NO4. The highest BCUT2D eigenvalue weighted by Gasteiger charge is 2.28. The number of ether oxygens (including phenoxy) is 2. The second-order valence-corrected chi connectivity index (χ2v) is 6.81. The van der Waals surface area contributed by atoms with Gasteiger partial charge in [0.15, 0.2) is 12.4 Å². The van der Waals surface area contributed by atoms with Crippen molar-refractivity contribution in [1.29, 1.82) is 0 Å². The zero-order chi connectivity index (χ0) is 19.2. The number of para-hydroxylation sites is 1. The van der Waals surface area contributed by atoms with Crippen LogP contribution in [0.15, 0.2) is 48.5 Å². The minimum absolute atomic E-state index is 0.0281. The van der Waals surface area contributed by atoms with Crippen LogP contribution < -0.4 is 9.47 Å². The molecule has 1 aliphatic heterocycles. The molecule has 0 aromatic heterocycles. The van der Waals surface area contributed by atoms with E-state index in [0.717, 1.165) is 11.3 Å². The van der Waals surface area contributed by atoms with Gasteiger partial charge in [0.1, 0.15) is 11.5 Å². The van der Waals surface area contributed by atoms with Gasteiger partial charge >= 0.3 is 0 Å². The lowest BCUT2D eigenvalue weighted by atomic mass is 9.88. The Morgan fingerprint density at radius 3 is 2.41 bits per heavy atom. The van der Waals surface area contributed by atoms with Gasteiger partial charge in [0, 0.05) is 24.6 Å². The van der Waals surface area contributed by atoms with Gasteiger partial charge in [0.2, 0.25) is 0 Å². The third-order valence-electron chi connectivity index (χ3n) is 5.00. The van der Waals surface area contributed by atoms with Gasteiger partial charge in [-0.2, -0.15) is 0 Å². The van der Waals surface area contributed by atoms with E-state index in [1.165, 1.54) is 0 Å². The number of nitrogens with zero attached hydrogens (tertiary/aromatic N) is 1. The van der Waals surface area contributed by atoms with Gasteiger partial charge in [-0.3, -0.25) is 9.59 Å². The summed E-state index contributed by atoms with van der Waals surface area (Å²) < 4.78 is 10.8. The fourth-order valence-electron chi connectivity index (χ4n) is 3.41. The Bertz CT molecular complexity index is 795. The highest BCUT2D eigenvalue weighted by Crippen LogP contribution is 2.25. The molecule has 2 aromatic rings. The summed E-state index contributed by atoms with van der Waals surface area (Å²) in [4.78, 5) is 26.9. The monoisotopic (exact) mass is 367 g/mol. The molecule has 27 heavy (non-hydrogen) atoms. The Balaban J connectivity index is 1.51. The number of piperidine rings is 1. The molecule has 0 bridgehead atoms. The van der Waals surface area contributed by atoms with E-state index in [9.17, 15) is 9.59 Å². The number of likely N-dealkylation sites (tertiary alicyclic amines) is 1. The molecule has 3 rings (SSSR count). The summed E-state index contributed by atoms with van der Waals surface area (Å²) in [6.45, 7) is 3.13. The molecule has 0 unspecified atom stereocenters. The summed E-state index contributed by atoms with van der Waals surface area (Å²) in [5.74, 6) is 1.53. The molecule has 2 aromatic carbocycles. The van der Waals surface area contributed by atoms with Gasteiger partial charge in [0.25, 0.3) is 5.91 Å². The SMILES string of the molecule is COc1ccc(C(=O)C2CCN(C(=O)COc3ccccc3)CC2)cc1C. The summed E-state index contributed by atoms with van der Waals surface area (Å²) in [6, 6.07) is 14.8. The van der Waals surface area contributed by atoms with Gasteiger partial charge < -0.3 is 14.4 Å². The Morgan fingerprint density at radius 1 is 1.07 bits per heavy atom. The number of carbonyl (C=O) groups is 2. The number of hydrogen-bond donors (Lipinski definition) is 0. The number of Topliss-reactive ketones (excluding diaryl/α,β-unsaturated/α-hetero) is 1. The molecule has 1 saturated heterocycles. The van der Waals surface area contributed by atoms with E-state index in [2.05, 4.69) is 0 Å². The van der Waals surface area contributed by atoms with Crippen LogP contribution in [0.2, 0.25) is 0 Å². The number of methoxy groups -OCH3 is 1. The van der Waals surface area contributed by atoms with Crippen LogP contribution in [0.3, 0.4) is 0 Å². The van der Waals surface area contributed by atoms with Crippen LogP contribution in [-0.2, 0) is 4.79 Å². The number of carbonyl (C=O) groups excluding carboxylic acids is 2.